The van der Waals surface area contributed by atoms with Gasteiger partial charge in [0, 0.05) is 17.2 Å². The zero-order chi connectivity index (χ0) is 17.8. The van der Waals surface area contributed by atoms with Crippen LogP contribution in [0.25, 0.3) is 0 Å². The van der Waals surface area contributed by atoms with Gasteiger partial charge in [0.1, 0.15) is 5.78 Å². The van der Waals surface area contributed by atoms with Gasteiger partial charge in [-0.2, -0.15) is 0 Å². The third-order valence-electron chi connectivity index (χ3n) is 5.66. The van der Waals surface area contributed by atoms with E-state index < -0.39 is 5.60 Å². The van der Waals surface area contributed by atoms with Crippen molar-refractivity contribution >= 4 is 21.7 Å². The van der Waals surface area contributed by atoms with Crippen molar-refractivity contribution in [2.24, 2.45) is 17.3 Å². The van der Waals surface area contributed by atoms with E-state index in [0.717, 1.165) is 25.7 Å². The highest BCUT2D eigenvalue weighted by molar-refractivity contribution is 9.09. The molecule has 1 saturated carbocycles. The molecule has 0 bridgehead atoms. The first-order valence-corrected chi connectivity index (χ1v) is 9.65. The molecule has 0 aromatic carbocycles. The van der Waals surface area contributed by atoms with Crippen molar-refractivity contribution in [1.82, 2.24) is 0 Å². The largest absolute Gasteiger partial charge is 0.386 e. The van der Waals surface area contributed by atoms with Gasteiger partial charge in [0.2, 0.25) is 0 Å². The van der Waals surface area contributed by atoms with E-state index in [1.165, 1.54) is 5.57 Å². The van der Waals surface area contributed by atoms with Crippen LogP contribution < -0.4 is 0 Å². The van der Waals surface area contributed by atoms with Gasteiger partial charge in [0.25, 0.3) is 0 Å². The van der Waals surface area contributed by atoms with Gasteiger partial charge in [-0.3, -0.25) is 4.79 Å². The summed E-state index contributed by atoms with van der Waals surface area (Å²) in [6.45, 7) is 16.0. The molecule has 0 amide bonds. The van der Waals surface area contributed by atoms with Crippen LogP contribution in [-0.4, -0.2) is 21.3 Å². The van der Waals surface area contributed by atoms with Gasteiger partial charge in [-0.05, 0) is 50.4 Å². The van der Waals surface area contributed by atoms with Crippen LogP contribution in [0.3, 0.4) is 0 Å². The number of Topliss-reactive ketones (excluding diaryl/α,β-unsaturated/α-hetero) is 1. The standard InChI is InChI=1S/C20H33BrO2/c1-7-19(5,23)12-10-16-15(4)8-9-18(21)20(16,6)13-11-17(22)14(2)3/h7,14,16,18,23H,1,4,8-13H2,2-3,5-6H3. The number of rotatable bonds is 8. The van der Waals surface area contributed by atoms with E-state index in [2.05, 4.69) is 36.0 Å². The number of ketones is 1. The molecule has 0 radical (unpaired) electrons. The molecule has 1 aliphatic rings. The molecule has 0 aromatic heterocycles. The van der Waals surface area contributed by atoms with Crippen LogP contribution in [0.5, 0.6) is 0 Å². The van der Waals surface area contributed by atoms with Crippen LogP contribution in [-0.2, 0) is 4.79 Å². The fourth-order valence-corrected chi connectivity index (χ4v) is 4.36. The molecule has 23 heavy (non-hydrogen) atoms. The van der Waals surface area contributed by atoms with Crippen LogP contribution in [0.4, 0.5) is 0 Å². The quantitative estimate of drug-likeness (QED) is 0.446. The summed E-state index contributed by atoms with van der Waals surface area (Å²) in [5, 5.41) is 10.3. The van der Waals surface area contributed by atoms with Crippen molar-refractivity contribution in [3.05, 3.63) is 24.8 Å². The maximum atomic E-state index is 12.1. The number of carbonyl (C=O) groups excluding carboxylic acids is 1. The van der Waals surface area contributed by atoms with E-state index in [1.54, 1.807) is 13.0 Å². The van der Waals surface area contributed by atoms with Crippen molar-refractivity contribution in [1.29, 1.82) is 0 Å². The summed E-state index contributed by atoms with van der Waals surface area (Å²) in [6.07, 6.45) is 6.76. The topological polar surface area (TPSA) is 37.3 Å². The molecule has 0 saturated heterocycles. The zero-order valence-electron chi connectivity index (χ0n) is 15.2. The predicted molar refractivity (Wildman–Crippen MR) is 102 cm³/mol. The lowest BCUT2D eigenvalue weighted by atomic mass is 9.61. The highest BCUT2D eigenvalue weighted by atomic mass is 79.9. The Morgan fingerprint density at radius 2 is 2.17 bits per heavy atom. The molecule has 0 aliphatic heterocycles. The van der Waals surface area contributed by atoms with Gasteiger partial charge in [-0.15, -0.1) is 6.58 Å². The third-order valence-corrected chi connectivity index (χ3v) is 7.16. The molecule has 1 fully saturated rings. The lowest BCUT2D eigenvalue weighted by molar-refractivity contribution is -0.122. The van der Waals surface area contributed by atoms with E-state index >= 15 is 0 Å². The number of carbonyl (C=O) groups is 1. The number of halogens is 1. The van der Waals surface area contributed by atoms with Crippen molar-refractivity contribution in [3.63, 3.8) is 0 Å². The van der Waals surface area contributed by atoms with Crippen LogP contribution >= 0.6 is 15.9 Å². The molecule has 132 valence electrons. The molecule has 2 nitrogen and oxygen atoms in total. The Balaban J connectivity index is 2.89. The molecule has 1 rings (SSSR count). The molecular formula is C20H33BrO2. The Hall–Kier alpha value is -0.410. The minimum absolute atomic E-state index is 0.0110. The van der Waals surface area contributed by atoms with Gasteiger partial charge in [0.15, 0.2) is 0 Å². The lowest BCUT2D eigenvalue weighted by Crippen LogP contribution is -2.42. The van der Waals surface area contributed by atoms with Gasteiger partial charge < -0.3 is 5.11 Å². The average molecular weight is 385 g/mol. The Kier molecular flexibility index (Phi) is 7.28. The second-order valence-electron chi connectivity index (χ2n) is 7.94. The summed E-state index contributed by atoms with van der Waals surface area (Å²) in [5.74, 6) is 0.755. The summed E-state index contributed by atoms with van der Waals surface area (Å²) in [4.78, 5) is 12.5. The Morgan fingerprint density at radius 1 is 1.57 bits per heavy atom. The second-order valence-corrected chi connectivity index (χ2v) is 9.05. The van der Waals surface area contributed by atoms with E-state index in [1.807, 2.05) is 13.8 Å². The minimum atomic E-state index is -0.839. The van der Waals surface area contributed by atoms with E-state index in [0.29, 0.717) is 29.4 Å². The van der Waals surface area contributed by atoms with Crippen molar-refractivity contribution in [2.45, 2.75) is 76.6 Å². The van der Waals surface area contributed by atoms with E-state index in [9.17, 15) is 9.90 Å². The number of alkyl halides is 1. The smallest absolute Gasteiger partial charge is 0.135 e. The van der Waals surface area contributed by atoms with Crippen molar-refractivity contribution in [2.75, 3.05) is 0 Å². The predicted octanol–water partition coefficient (Wildman–Crippen LogP) is 5.44. The fourth-order valence-electron chi connectivity index (χ4n) is 3.59. The third kappa shape index (κ3) is 5.29. The molecule has 3 heteroatoms. The van der Waals surface area contributed by atoms with Crippen molar-refractivity contribution < 1.29 is 9.90 Å². The molecular weight excluding hydrogens is 352 g/mol. The minimum Gasteiger partial charge on any atom is -0.386 e. The molecule has 0 aromatic rings. The van der Waals surface area contributed by atoms with Gasteiger partial charge >= 0.3 is 0 Å². The maximum Gasteiger partial charge on any atom is 0.135 e. The Bertz CT molecular complexity index is 453. The average Bonchev–Trinajstić information content (AvgIpc) is 2.48. The van der Waals surface area contributed by atoms with Crippen LogP contribution in [0.15, 0.2) is 24.8 Å². The maximum absolute atomic E-state index is 12.1. The summed E-state index contributed by atoms with van der Waals surface area (Å²) >= 11 is 3.87. The number of allylic oxidation sites excluding steroid dienone is 1. The van der Waals surface area contributed by atoms with Crippen LogP contribution in [0, 0.1) is 17.3 Å². The molecule has 4 unspecified atom stereocenters. The van der Waals surface area contributed by atoms with E-state index in [-0.39, 0.29) is 11.3 Å². The monoisotopic (exact) mass is 384 g/mol. The Labute approximate surface area is 150 Å². The molecule has 0 spiro atoms. The SMILES string of the molecule is C=CC(C)(O)CCC1C(=C)CCC(Br)C1(C)CCC(=O)C(C)C. The van der Waals surface area contributed by atoms with Crippen molar-refractivity contribution in [3.8, 4) is 0 Å². The summed E-state index contributed by atoms with van der Waals surface area (Å²) in [7, 11) is 0. The first-order chi connectivity index (χ1) is 10.5. The summed E-state index contributed by atoms with van der Waals surface area (Å²) < 4.78 is 0. The highest BCUT2D eigenvalue weighted by Gasteiger charge is 2.44. The normalized spacial score (nSPS) is 31.0. The summed E-state index contributed by atoms with van der Waals surface area (Å²) in [6, 6.07) is 0. The fraction of sp³-hybridized carbons (Fsp3) is 0.750. The first kappa shape index (κ1) is 20.6. The molecule has 1 N–H and O–H groups in total. The first-order valence-electron chi connectivity index (χ1n) is 8.74. The molecule has 0 heterocycles. The van der Waals surface area contributed by atoms with Gasteiger partial charge in [-0.1, -0.05) is 54.9 Å². The number of aliphatic hydroxyl groups is 1. The number of hydrogen-bond acceptors (Lipinski definition) is 2. The highest BCUT2D eigenvalue weighted by Crippen LogP contribution is 2.52. The second kappa shape index (κ2) is 8.11. The molecule has 1 aliphatic carbocycles. The van der Waals surface area contributed by atoms with Crippen LogP contribution in [0.1, 0.15) is 66.2 Å². The van der Waals surface area contributed by atoms with Gasteiger partial charge in [-0.25, -0.2) is 0 Å². The number of hydrogen-bond donors (Lipinski definition) is 1. The molecule has 4 atom stereocenters. The van der Waals surface area contributed by atoms with Gasteiger partial charge in [0.05, 0.1) is 5.60 Å². The van der Waals surface area contributed by atoms with Crippen LogP contribution in [0.2, 0.25) is 0 Å². The Morgan fingerprint density at radius 3 is 2.70 bits per heavy atom. The zero-order valence-corrected chi connectivity index (χ0v) is 16.8. The van der Waals surface area contributed by atoms with E-state index in [4.69, 9.17) is 0 Å². The lowest BCUT2D eigenvalue weighted by Gasteiger charge is -2.47. The summed E-state index contributed by atoms with van der Waals surface area (Å²) in [5.41, 5.74) is 0.436.